The van der Waals surface area contributed by atoms with Crippen LogP contribution in [0.1, 0.15) is 30.1 Å². The normalized spacial score (nSPS) is 10.8. The van der Waals surface area contributed by atoms with Crippen LogP contribution in [0.5, 0.6) is 0 Å². The van der Waals surface area contributed by atoms with Crippen molar-refractivity contribution < 1.29 is 18.4 Å². The predicted molar refractivity (Wildman–Crippen MR) is 71.2 cm³/mol. The molecule has 0 aromatic heterocycles. The van der Waals surface area contributed by atoms with Crippen LogP contribution in [0.4, 0.5) is 8.78 Å². The highest BCUT2D eigenvalue weighted by atomic mass is 19.2. The van der Waals surface area contributed by atoms with Crippen LogP contribution in [-0.2, 0) is 4.79 Å². The molecule has 1 aromatic rings. The van der Waals surface area contributed by atoms with Gasteiger partial charge in [0.2, 0.25) is 5.91 Å². The van der Waals surface area contributed by atoms with Gasteiger partial charge in [0, 0.05) is 5.56 Å². The number of hydrogen-bond acceptors (Lipinski definition) is 3. The van der Waals surface area contributed by atoms with E-state index in [0.717, 1.165) is 25.0 Å². The molecule has 0 aliphatic rings. The first kappa shape index (κ1) is 16.2. The lowest BCUT2D eigenvalue weighted by molar-refractivity contribution is -0.119. The summed E-state index contributed by atoms with van der Waals surface area (Å²) >= 11 is 0. The fraction of sp³-hybridized carbons (Fsp3) is 0.429. The lowest BCUT2D eigenvalue weighted by Gasteiger charge is -2.19. The van der Waals surface area contributed by atoms with Gasteiger partial charge in [-0.05, 0) is 31.2 Å². The topological polar surface area (TPSA) is 63.4 Å². The van der Waals surface area contributed by atoms with Crippen molar-refractivity contribution in [3.05, 3.63) is 35.4 Å². The molecule has 0 aliphatic carbocycles. The summed E-state index contributed by atoms with van der Waals surface area (Å²) in [5.41, 5.74) is 5.20. The number of nitrogens with zero attached hydrogens (tertiary/aromatic N) is 1. The van der Waals surface area contributed by atoms with Gasteiger partial charge in [-0.15, -0.1) is 0 Å². The number of ketones is 1. The molecular weight excluding hydrogens is 266 g/mol. The molecule has 4 nitrogen and oxygen atoms in total. The Labute approximate surface area is 116 Å². The van der Waals surface area contributed by atoms with Crippen LogP contribution in [0.3, 0.4) is 0 Å². The molecule has 0 saturated carbocycles. The van der Waals surface area contributed by atoms with Gasteiger partial charge in [0.1, 0.15) is 0 Å². The van der Waals surface area contributed by atoms with Gasteiger partial charge in [0.25, 0.3) is 0 Å². The zero-order chi connectivity index (χ0) is 15.1. The zero-order valence-electron chi connectivity index (χ0n) is 11.4. The van der Waals surface area contributed by atoms with E-state index in [-0.39, 0.29) is 24.4 Å². The van der Waals surface area contributed by atoms with E-state index in [1.165, 1.54) is 6.07 Å². The van der Waals surface area contributed by atoms with Crippen molar-refractivity contribution in [3.63, 3.8) is 0 Å². The molecule has 0 bridgehead atoms. The lowest BCUT2D eigenvalue weighted by atomic mass is 10.1. The fourth-order valence-corrected chi connectivity index (χ4v) is 1.78. The first-order chi connectivity index (χ1) is 9.43. The van der Waals surface area contributed by atoms with E-state index in [9.17, 15) is 18.4 Å². The number of amides is 1. The molecule has 0 fully saturated rings. The van der Waals surface area contributed by atoms with Crippen molar-refractivity contribution in [2.24, 2.45) is 5.73 Å². The molecule has 0 saturated heterocycles. The Morgan fingerprint density at radius 1 is 1.20 bits per heavy atom. The molecule has 110 valence electrons. The van der Waals surface area contributed by atoms with Gasteiger partial charge in [-0.1, -0.05) is 13.3 Å². The van der Waals surface area contributed by atoms with Gasteiger partial charge in [0.05, 0.1) is 13.1 Å². The van der Waals surface area contributed by atoms with E-state index in [2.05, 4.69) is 0 Å². The Morgan fingerprint density at radius 3 is 2.45 bits per heavy atom. The van der Waals surface area contributed by atoms with Crippen molar-refractivity contribution in [3.8, 4) is 0 Å². The van der Waals surface area contributed by atoms with Gasteiger partial charge in [-0.3, -0.25) is 14.5 Å². The van der Waals surface area contributed by atoms with Crippen molar-refractivity contribution >= 4 is 11.7 Å². The third-order valence-corrected chi connectivity index (χ3v) is 2.82. The van der Waals surface area contributed by atoms with Crippen molar-refractivity contribution in [2.45, 2.75) is 19.8 Å². The number of rotatable bonds is 8. The molecule has 0 heterocycles. The van der Waals surface area contributed by atoms with Crippen molar-refractivity contribution in [1.29, 1.82) is 0 Å². The van der Waals surface area contributed by atoms with Crippen LogP contribution in [0.25, 0.3) is 0 Å². The third-order valence-electron chi connectivity index (χ3n) is 2.82. The second-order valence-corrected chi connectivity index (χ2v) is 4.58. The molecule has 0 spiro atoms. The molecule has 1 aromatic carbocycles. The average Bonchev–Trinajstić information content (AvgIpc) is 2.38. The zero-order valence-corrected chi connectivity index (χ0v) is 11.4. The van der Waals surface area contributed by atoms with Crippen LogP contribution in [0, 0.1) is 11.6 Å². The number of carbonyl (C=O) groups excluding carboxylic acids is 2. The molecule has 0 aliphatic heterocycles. The van der Waals surface area contributed by atoms with Crippen molar-refractivity contribution in [2.75, 3.05) is 19.6 Å². The maximum absolute atomic E-state index is 13.1. The minimum Gasteiger partial charge on any atom is -0.369 e. The Balaban J connectivity index is 2.73. The maximum atomic E-state index is 13.1. The molecule has 0 radical (unpaired) electrons. The summed E-state index contributed by atoms with van der Waals surface area (Å²) in [6, 6.07) is 3.00. The first-order valence-corrected chi connectivity index (χ1v) is 6.43. The summed E-state index contributed by atoms with van der Waals surface area (Å²) in [7, 11) is 0. The molecule has 20 heavy (non-hydrogen) atoms. The molecule has 0 unspecified atom stereocenters. The number of carbonyl (C=O) groups is 2. The van der Waals surface area contributed by atoms with Crippen LogP contribution in [0.15, 0.2) is 18.2 Å². The highest BCUT2D eigenvalue weighted by Crippen LogP contribution is 2.10. The van der Waals surface area contributed by atoms with Gasteiger partial charge >= 0.3 is 0 Å². The molecule has 0 atom stereocenters. The number of primary amides is 1. The van der Waals surface area contributed by atoms with E-state index in [4.69, 9.17) is 5.73 Å². The summed E-state index contributed by atoms with van der Waals surface area (Å²) in [6.45, 7) is 2.46. The molecule has 2 N–H and O–H groups in total. The van der Waals surface area contributed by atoms with E-state index in [1.807, 2.05) is 6.92 Å². The Morgan fingerprint density at radius 2 is 1.90 bits per heavy atom. The summed E-state index contributed by atoms with van der Waals surface area (Å²) in [5.74, 6) is -2.96. The summed E-state index contributed by atoms with van der Waals surface area (Å²) in [5, 5.41) is 0. The van der Waals surface area contributed by atoms with E-state index < -0.39 is 17.5 Å². The minimum atomic E-state index is -1.06. The lowest BCUT2D eigenvalue weighted by Crippen LogP contribution is -2.38. The van der Waals surface area contributed by atoms with E-state index >= 15 is 0 Å². The number of nitrogens with two attached hydrogens (primary N) is 1. The van der Waals surface area contributed by atoms with Crippen molar-refractivity contribution in [1.82, 2.24) is 4.90 Å². The molecular formula is C14H18F2N2O2. The Bertz CT molecular complexity index is 492. The Hall–Kier alpha value is -1.82. The second kappa shape index (κ2) is 7.69. The van der Waals surface area contributed by atoms with Crippen LogP contribution >= 0.6 is 0 Å². The SMILES string of the molecule is CCCCN(CC(N)=O)CC(=O)c1ccc(F)c(F)c1. The number of halogens is 2. The summed E-state index contributed by atoms with van der Waals surface area (Å²) in [4.78, 5) is 24.5. The van der Waals surface area contributed by atoms with Crippen LogP contribution in [0.2, 0.25) is 0 Å². The van der Waals surface area contributed by atoms with Crippen LogP contribution in [-0.4, -0.2) is 36.2 Å². The number of unbranched alkanes of at least 4 members (excludes halogenated alkanes) is 1. The molecule has 6 heteroatoms. The average molecular weight is 284 g/mol. The summed E-state index contributed by atoms with van der Waals surface area (Å²) < 4.78 is 25.9. The highest BCUT2D eigenvalue weighted by Gasteiger charge is 2.15. The summed E-state index contributed by atoms with van der Waals surface area (Å²) in [6.07, 6.45) is 1.73. The van der Waals surface area contributed by atoms with Gasteiger partial charge in [-0.25, -0.2) is 8.78 Å². The molecule has 1 rings (SSSR count). The maximum Gasteiger partial charge on any atom is 0.231 e. The monoisotopic (exact) mass is 284 g/mol. The van der Waals surface area contributed by atoms with Crippen LogP contribution < -0.4 is 5.73 Å². The molecule has 1 amide bonds. The van der Waals surface area contributed by atoms with Gasteiger partial charge in [-0.2, -0.15) is 0 Å². The number of benzene rings is 1. The highest BCUT2D eigenvalue weighted by molar-refractivity contribution is 5.97. The second-order valence-electron chi connectivity index (χ2n) is 4.58. The fourth-order valence-electron chi connectivity index (χ4n) is 1.78. The third kappa shape index (κ3) is 5.05. The predicted octanol–water partition coefficient (Wildman–Crippen LogP) is 1.73. The number of hydrogen-bond donors (Lipinski definition) is 1. The van der Waals surface area contributed by atoms with Gasteiger partial charge in [0.15, 0.2) is 17.4 Å². The van der Waals surface area contributed by atoms with E-state index in [0.29, 0.717) is 6.54 Å². The van der Waals surface area contributed by atoms with Gasteiger partial charge < -0.3 is 5.73 Å². The largest absolute Gasteiger partial charge is 0.369 e. The minimum absolute atomic E-state index is 0.0323. The smallest absolute Gasteiger partial charge is 0.231 e. The first-order valence-electron chi connectivity index (χ1n) is 6.43. The standard InChI is InChI=1S/C14H18F2N2O2/c1-2-3-6-18(9-14(17)20)8-13(19)10-4-5-11(15)12(16)7-10/h4-5,7H,2-3,6,8-9H2,1H3,(H2,17,20). The van der Waals surface area contributed by atoms with E-state index in [1.54, 1.807) is 4.90 Å². The number of Topliss-reactive ketones (excluding diaryl/α,β-unsaturated/α-hetero) is 1. The quantitative estimate of drug-likeness (QED) is 0.739. The Kier molecular flexibility index (Phi) is 6.24.